The number of nitrogens with zero attached hydrogens (tertiary/aromatic N) is 3. The van der Waals surface area contributed by atoms with Crippen molar-refractivity contribution < 1.29 is 4.79 Å². The molecule has 1 saturated heterocycles. The Morgan fingerprint density at radius 3 is 2.65 bits per heavy atom. The Hall–Kier alpha value is -2.38. The van der Waals surface area contributed by atoms with Crippen LogP contribution in [0.3, 0.4) is 0 Å². The van der Waals surface area contributed by atoms with Gasteiger partial charge in [0, 0.05) is 18.8 Å². The Labute approximate surface area is 192 Å². The van der Waals surface area contributed by atoms with Crippen LogP contribution in [-0.2, 0) is 11.2 Å². The molecule has 3 aromatic rings. The largest absolute Gasteiger partial charge is 0.342 e. The van der Waals surface area contributed by atoms with Crippen molar-refractivity contribution in [3.63, 3.8) is 0 Å². The van der Waals surface area contributed by atoms with Gasteiger partial charge in [0.15, 0.2) is 4.34 Å². The van der Waals surface area contributed by atoms with E-state index in [9.17, 15) is 4.79 Å². The number of rotatable bonds is 7. The number of thioether (sulfide) groups is 1. The van der Waals surface area contributed by atoms with E-state index in [1.54, 1.807) is 0 Å². The van der Waals surface area contributed by atoms with E-state index >= 15 is 0 Å². The van der Waals surface area contributed by atoms with Gasteiger partial charge >= 0.3 is 0 Å². The Morgan fingerprint density at radius 1 is 1.10 bits per heavy atom. The van der Waals surface area contributed by atoms with Crippen molar-refractivity contribution >= 4 is 39.8 Å². The summed E-state index contributed by atoms with van der Waals surface area (Å²) in [6, 6.07) is 16.8. The van der Waals surface area contributed by atoms with Gasteiger partial charge in [-0.15, -0.1) is 10.2 Å². The van der Waals surface area contributed by atoms with Gasteiger partial charge in [-0.05, 0) is 61.8 Å². The Bertz CT molecular complexity index is 1010. The van der Waals surface area contributed by atoms with Crippen LogP contribution in [0, 0.1) is 19.8 Å². The van der Waals surface area contributed by atoms with Crippen LogP contribution in [0.1, 0.15) is 29.5 Å². The van der Waals surface area contributed by atoms with Crippen LogP contribution >= 0.6 is 23.1 Å². The highest BCUT2D eigenvalue weighted by molar-refractivity contribution is 8.01. The minimum absolute atomic E-state index is 0.197. The van der Waals surface area contributed by atoms with E-state index in [-0.39, 0.29) is 5.91 Å². The maximum Gasteiger partial charge on any atom is 0.233 e. The van der Waals surface area contributed by atoms with Gasteiger partial charge in [0.1, 0.15) is 0 Å². The third kappa shape index (κ3) is 5.86. The molecule has 0 radical (unpaired) electrons. The molecule has 1 aliphatic heterocycles. The van der Waals surface area contributed by atoms with Gasteiger partial charge in [-0.3, -0.25) is 4.79 Å². The molecule has 5 nitrogen and oxygen atoms in total. The topological polar surface area (TPSA) is 58.1 Å². The fourth-order valence-electron chi connectivity index (χ4n) is 3.87. The van der Waals surface area contributed by atoms with Gasteiger partial charge < -0.3 is 10.2 Å². The zero-order valence-corrected chi connectivity index (χ0v) is 19.6. The van der Waals surface area contributed by atoms with Crippen molar-refractivity contribution in [1.29, 1.82) is 0 Å². The zero-order valence-electron chi connectivity index (χ0n) is 18.0. The van der Waals surface area contributed by atoms with Gasteiger partial charge in [0.2, 0.25) is 11.0 Å². The molecular formula is C24H28N4OS2. The number of hydrogen-bond acceptors (Lipinski definition) is 6. The van der Waals surface area contributed by atoms with Gasteiger partial charge in [0.25, 0.3) is 0 Å². The van der Waals surface area contributed by atoms with E-state index in [1.165, 1.54) is 39.8 Å². The lowest BCUT2D eigenvalue weighted by molar-refractivity contribution is -0.129. The lowest BCUT2D eigenvalue weighted by Gasteiger charge is -2.32. The molecular weight excluding hydrogens is 424 g/mol. The van der Waals surface area contributed by atoms with Crippen LogP contribution in [0.2, 0.25) is 0 Å². The zero-order chi connectivity index (χ0) is 21.6. The number of likely N-dealkylation sites (tertiary alicyclic amines) is 1. The molecule has 0 saturated carbocycles. The second-order valence-electron chi connectivity index (χ2n) is 8.05. The second-order valence-corrected chi connectivity index (χ2v) is 10.2. The van der Waals surface area contributed by atoms with E-state index in [1.807, 2.05) is 17.0 Å². The predicted octanol–water partition coefficient (Wildman–Crippen LogP) is 5.47. The highest BCUT2D eigenvalue weighted by Crippen LogP contribution is 2.30. The molecule has 0 aliphatic carbocycles. The van der Waals surface area contributed by atoms with Crippen LogP contribution < -0.4 is 5.32 Å². The predicted molar refractivity (Wildman–Crippen MR) is 129 cm³/mol. The molecule has 1 amide bonds. The fourth-order valence-corrected chi connectivity index (χ4v) is 5.54. The summed E-state index contributed by atoms with van der Waals surface area (Å²) >= 11 is 2.97. The van der Waals surface area contributed by atoms with Crippen LogP contribution in [0.15, 0.2) is 52.9 Å². The molecule has 1 aromatic heterocycles. The first kappa shape index (κ1) is 21.8. The first-order chi connectivity index (χ1) is 15.1. The number of piperidine rings is 1. The van der Waals surface area contributed by atoms with Crippen molar-refractivity contribution in [2.75, 3.05) is 24.2 Å². The minimum atomic E-state index is 0.197. The number of benzene rings is 2. The van der Waals surface area contributed by atoms with Crippen molar-refractivity contribution in [2.45, 2.75) is 37.4 Å². The summed E-state index contributed by atoms with van der Waals surface area (Å²) in [6.07, 6.45) is 3.26. The molecule has 7 heteroatoms. The maximum atomic E-state index is 12.7. The van der Waals surface area contributed by atoms with E-state index in [2.05, 4.69) is 65.8 Å². The molecule has 31 heavy (non-hydrogen) atoms. The summed E-state index contributed by atoms with van der Waals surface area (Å²) in [5.74, 6) is 1.28. The molecule has 2 heterocycles. The molecule has 4 rings (SSSR count). The Morgan fingerprint density at radius 2 is 1.87 bits per heavy atom. The summed E-state index contributed by atoms with van der Waals surface area (Å²) in [6.45, 7) is 5.90. The average Bonchev–Trinajstić information content (AvgIpc) is 3.24. The van der Waals surface area contributed by atoms with Gasteiger partial charge in [-0.2, -0.15) is 0 Å². The highest BCUT2D eigenvalue weighted by atomic mass is 32.2. The summed E-state index contributed by atoms with van der Waals surface area (Å²) < 4.78 is 0.820. The van der Waals surface area contributed by atoms with Gasteiger partial charge in [-0.1, -0.05) is 65.6 Å². The van der Waals surface area contributed by atoms with Gasteiger partial charge in [0.05, 0.1) is 5.75 Å². The molecule has 1 N–H and O–H groups in total. The minimum Gasteiger partial charge on any atom is -0.342 e. The summed E-state index contributed by atoms with van der Waals surface area (Å²) in [5, 5.41) is 12.6. The number of amides is 1. The van der Waals surface area contributed by atoms with Gasteiger partial charge in [-0.25, -0.2) is 0 Å². The third-order valence-corrected chi connectivity index (χ3v) is 7.86. The maximum absolute atomic E-state index is 12.7. The monoisotopic (exact) mass is 452 g/mol. The smallest absolute Gasteiger partial charge is 0.233 e. The molecule has 162 valence electrons. The molecule has 0 spiro atoms. The second kappa shape index (κ2) is 10.3. The van der Waals surface area contributed by atoms with Crippen molar-refractivity contribution in [3.05, 3.63) is 65.2 Å². The lowest BCUT2D eigenvalue weighted by atomic mass is 9.90. The van der Waals surface area contributed by atoms with Crippen molar-refractivity contribution in [2.24, 2.45) is 5.92 Å². The summed E-state index contributed by atoms with van der Waals surface area (Å²) in [7, 11) is 0. The van der Waals surface area contributed by atoms with Crippen molar-refractivity contribution in [3.8, 4) is 0 Å². The highest BCUT2D eigenvalue weighted by Gasteiger charge is 2.23. The van der Waals surface area contributed by atoms with E-state index in [0.29, 0.717) is 11.7 Å². The lowest BCUT2D eigenvalue weighted by Crippen LogP contribution is -2.39. The number of carbonyl (C=O) groups excluding carboxylic acids is 1. The Kier molecular flexibility index (Phi) is 7.25. The average molecular weight is 453 g/mol. The van der Waals surface area contributed by atoms with E-state index in [0.717, 1.165) is 47.5 Å². The molecule has 1 aliphatic rings. The van der Waals surface area contributed by atoms with E-state index in [4.69, 9.17) is 0 Å². The molecule has 0 bridgehead atoms. The van der Waals surface area contributed by atoms with Crippen LogP contribution in [0.25, 0.3) is 0 Å². The SMILES string of the molecule is Cc1cccc(Nc2nnc(SCC(=O)N3CCC(Cc4ccccc4)CC3)s2)c1C. The summed E-state index contributed by atoms with van der Waals surface area (Å²) in [5.41, 5.74) is 4.88. The molecule has 0 atom stereocenters. The molecule has 0 unspecified atom stereocenters. The first-order valence-electron chi connectivity index (χ1n) is 10.7. The number of aromatic nitrogens is 2. The van der Waals surface area contributed by atoms with Crippen LogP contribution in [0.5, 0.6) is 0 Å². The fraction of sp³-hybridized carbons (Fsp3) is 0.375. The number of anilines is 2. The third-order valence-electron chi connectivity index (χ3n) is 5.91. The van der Waals surface area contributed by atoms with E-state index < -0.39 is 0 Å². The normalized spacial score (nSPS) is 14.6. The van der Waals surface area contributed by atoms with Crippen LogP contribution in [0.4, 0.5) is 10.8 Å². The van der Waals surface area contributed by atoms with Crippen LogP contribution in [-0.4, -0.2) is 39.8 Å². The standard InChI is InChI=1S/C24H28N4OS2/c1-17-7-6-10-21(18(17)2)25-23-26-27-24(31-23)30-16-22(29)28-13-11-20(12-14-28)15-19-8-4-3-5-9-19/h3-10,20H,11-16H2,1-2H3,(H,25,26). The number of nitrogens with one attached hydrogen (secondary N) is 1. The Balaban J connectivity index is 1.23. The summed E-state index contributed by atoms with van der Waals surface area (Å²) in [4.78, 5) is 14.7. The molecule has 2 aromatic carbocycles. The first-order valence-corrected chi connectivity index (χ1v) is 12.5. The molecule has 1 fully saturated rings. The quantitative estimate of drug-likeness (QED) is 0.482. The number of carbonyl (C=O) groups is 1. The number of aryl methyl sites for hydroxylation is 1. The number of hydrogen-bond donors (Lipinski definition) is 1. The van der Waals surface area contributed by atoms with Crippen molar-refractivity contribution in [1.82, 2.24) is 15.1 Å².